The third-order valence-corrected chi connectivity index (χ3v) is 5.98. The summed E-state index contributed by atoms with van der Waals surface area (Å²) in [4.78, 5) is 21.1. The minimum atomic E-state index is -0.348. The van der Waals surface area contributed by atoms with E-state index in [0.29, 0.717) is 42.2 Å². The van der Waals surface area contributed by atoms with Crippen molar-refractivity contribution in [3.05, 3.63) is 101 Å². The normalized spacial score (nSPS) is 13.6. The summed E-state index contributed by atoms with van der Waals surface area (Å²) in [5.41, 5.74) is 4.36. The third kappa shape index (κ3) is 5.09. The summed E-state index contributed by atoms with van der Waals surface area (Å²) in [6.07, 6.45) is 2.46. The van der Waals surface area contributed by atoms with Crippen molar-refractivity contribution < 1.29 is 18.0 Å². The van der Waals surface area contributed by atoms with Crippen molar-refractivity contribution in [2.75, 3.05) is 13.1 Å². The first-order chi connectivity index (χ1) is 16.2. The van der Waals surface area contributed by atoms with Crippen LogP contribution < -0.4 is 0 Å². The fourth-order valence-corrected chi connectivity index (χ4v) is 4.01. The maximum atomic E-state index is 13.8. The Bertz CT molecular complexity index is 1260. The molecule has 1 aliphatic rings. The lowest BCUT2D eigenvalue weighted by Gasteiger charge is -2.30. The van der Waals surface area contributed by atoms with Gasteiger partial charge < -0.3 is 14.2 Å². The van der Waals surface area contributed by atoms with E-state index >= 15 is 0 Å². The van der Waals surface area contributed by atoms with Gasteiger partial charge in [-0.25, -0.2) is 13.8 Å². The molecule has 3 aromatic rings. The van der Waals surface area contributed by atoms with Crippen LogP contribution in [0.2, 0.25) is 0 Å². The second-order valence-electron chi connectivity index (χ2n) is 8.53. The first-order valence-corrected chi connectivity index (χ1v) is 11.1. The minimum Gasteiger partial charge on any atom is -0.444 e. The number of rotatable bonds is 6. The van der Waals surface area contributed by atoms with E-state index in [9.17, 15) is 13.6 Å². The van der Waals surface area contributed by atoms with Crippen LogP contribution in [0.5, 0.6) is 0 Å². The highest BCUT2D eigenvalue weighted by molar-refractivity contribution is 5.81. The van der Waals surface area contributed by atoms with Crippen molar-refractivity contribution in [2.24, 2.45) is 0 Å². The number of amides is 1. The Labute approximate surface area is 198 Å². The van der Waals surface area contributed by atoms with E-state index in [0.717, 1.165) is 22.6 Å². The summed E-state index contributed by atoms with van der Waals surface area (Å²) in [5.74, 6) is 0.598. The molecule has 1 amide bonds. The van der Waals surface area contributed by atoms with Crippen LogP contribution in [0, 0.1) is 25.5 Å². The molecule has 0 spiro atoms. The Kier molecular flexibility index (Phi) is 6.63. The first kappa shape index (κ1) is 23.4. The molecule has 0 unspecified atom stereocenters. The Hall–Kier alpha value is -3.74. The number of allylic oxidation sites excluding steroid dienone is 1. The van der Waals surface area contributed by atoms with Gasteiger partial charge in [-0.05, 0) is 60.4 Å². The second-order valence-corrected chi connectivity index (χ2v) is 8.53. The fourth-order valence-electron chi connectivity index (χ4n) is 4.01. The lowest BCUT2D eigenvalue weighted by atomic mass is 10.0. The molecule has 0 fully saturated rings. The molecule has 0 N–H and O–H groups in total. The smallest absolute Gasteiger partial charge is 0.242 e. The molecule has 0 aliphatic carbocycles. The molecule has 7 heteroatoms. The average Bonchev–Trinajstić information content (AvgIpc) is 3.19. The molecule has 2 heterocycles. The molecule has 1 aliphatic heterocycles. The Balaban J connectivity index is 1.60. The van der Waals surface area contributed by atoms with E-state index in [1.807, 2.05) is 13.1 Å². The Morgan fingerprint density at radius 2 is 1.88 bits per heavy atom. The molecular weight excluding hydrogens is 436 g/mol. The van der Waals surface area contributed by atoms with Gasteiger partial charge in [0.15, 0.2) is 5.89 Å². The highest BCUT2D eigenvalue weighted by Crippen LogP contribution is 2.25. The lowest BCUT2D eigenvalue weighted by molar-refractivity contribution is -0.132. The number of hydrogen-bond acceptors (Lipinski definition) is 4. The van der Waals surface area contributed by atoms with E-state index in [2.05, 4.69) is 11.6 Å². The van der Waals surface area contributed by atoms with Crippen LogP contribution in [-0.2, 0) is 17.8 Å². The zero-order valence-corrected chi connectivity index (χ0v) is 19.6. The molecule has 176 valence electrons. The van der Waals surface area contributed by atoms with Crippen molar-refractivity contribution in [3.63, 3.8) is 0 Å². The number of carbonyl (C=O) groups excluding carboxylic acids is 1. The quantitative estimate of drug-likeness (QED) is 0.485. The number of oxazole rings is 1. The van der Waals surface area contributed by atoms with Crippen LogP contribution in [0.15, 0.2) is 59.7 Å². The SMILES string of the molecule is C=C(c1ccc(F)cc1)N(/C=C(\C)c1ccc(F)c(C)c1)CC(=O)N1CCc2nc(C)oc2C1. The van der Waals surface area contributed by atoms with Crippen molar-refractivity contribution in [1.82, 2.24) is 14.8 Å². The van der Waals surface area contributed by atoms with E-state index in [-0.39, 0.29) is 24.1 Å². The summed E-state index contributed by atoms with van der Waals surface area (Å²) >= 11 is 0. The zero-order chi connectivity index (χ0) is 24.4. The van der Waals surface area contributed by atoms with Gasteiger partial charge in [-0.2, -0.15) is 0 Å². The molecule has 0 saturated carbocycles. The highest BCUT2D eigenvalue weighted by atomic mass is 19.1. The fraction of sp³-hybridized carbons (Fsp3) is 0.259. The number of halogens is 2. The monoisotopic (exact) mass is 463 g/mol. The van der Waals surface area contributed by atoms with Crippen LogP contribution >= 0.6 is 0 Å². The first-order valence-electron chi connectivity index (χ1n) is 11.1. The number of benzene rings is 2. The molecule has 5 nitrogen and oxygen atoms in total. The van der Waals surface area contributed by atoms with Gasteiger partial charge in [0.1, 0.15) is 23.9 Å². The van der Waals surface area contributed by atoms with E-state index in [1.165, 1.54) is 18.2 Å². The van der Waals surface area contributed by atoms with Crippen LogP contribution in [0.25, 0.3) is 11.3 Å². The summed E-state index contributed by atoms with van der Waals surface area (Å²) in [6.45, 7) is 10.5. The maximum absolute atomic E-state index is 13.8. The van der Waals surface area contributed by atoms with Crippen LogP contribution in [0.1, 0.15) is 41.0 Å². The molecular formula is C27H27F2N3O2. The molecule has 34 heavy (non-hydrogen) atoms. The summed E-state index contributed by atoms with van der Waals surface area (Å²) < 4.78 is 32.9. The molecule has 0 saturated heterocycles. The van der Waals surface area contributed by atoms with Gasteiger partial charge in [0, 0.05) is 31.8 Å². The van der Waals surface area contributed by atoms with Gasteiger partial charge in [-0.3, -0.25) is 4.79 Å². The number of hydrogen-bond donors (Lipinski definition) is 0. The van der Waals surface area contributed by atoms with Gasteiger partial charge in [-0.1, -0.05) is 24.8 Å². The minimum absolute atomic E-state index is 0.0379. The predicted octanol–water partition coefficient (Wildman–Crippen LogP) is 5.49. The maximum Gasteiger partial charge on any atom is 0.242 e. The van der Waals surface area contributed by atoms with E-state index in [1.54, 1.807) is 47.9 Å². The average molecular weight is 464 g/mol. The largest absolute Gasteiger partial charge is 0.444 e. The van der Waals surface area contributed by atoms with Crippen LogP contribution in [-0.4, -0.2) is 33.8 Å². The van der Waals surface area contributed by atoms with Gasteiger partial charge in [0.25, 0.3) is 0 Å². The van der Waals surface area contributed by atoms with Crippen molar-refractivity contribution >= 4 is 17.2 Å². The number of carbonyl (C=O) groups is 1. The predicted molar refractivity (Wildman–Crippen MR) is 127 cm³/mol. The topological polar surface area (TPSA) is 49.6 Å². The molecule has 1 aromatic heterocycles. The van der Waals surface area contributed by atoms with Crippen molar-refractivity contribution in [2.45, 2.75) is 33.7 Å². The van der Waals surface area contributed by atoms with Gasteiger partial charge >= 0.3 is 0 Å². The van der Waals surface area contributed by atoms with Crippen LogP contribution in [0.3, 0.4) is 0 Å². The number of fused-ring (bicyclic) bond motifs is 1. The van der Waals surface area contributed by atoms with Crippen LogP contribution in [0.4, 0.5) is 8.78 Å². The molecule has 0 radical (unpaired) electrons. The lowest BCUT2D eigenvalue weighted by Crippen LogP contribution is -2.41. The molecule has 2 aromatic carbocycles. The molecule has 0 atom stereocenters. The summed E-state index contributed by atoms with van der Waals surface area (Å²) in [6, 6.07) is 10.9. The Morgan fingerprint density at radius 3 is 2.59 bits per heavy atom. The van der Waals surface area contributed by atoms with E-state index in [4.69, 9.17) is 4.42 Å². The number of aromatic nitrogens is 1. The molecule has 4 rings (SSSR count). The highest BCUT2D eigenvalue weighted by Gasteiger charge is 2.26. The molecule has 0 bridgehead atoms. The summed E-state index contributed by atoms with van der Waals surface area (Å²) in [5, 5.41) is 0. The van der Waals surface area contributed by atoms with Crippen molar-refractivity contribution in [1.29, 1.82) is 0 Å². The second kappa shape index (κ2) is 9.63. The standard InChI is InChI=1S/C27H27F2N3O2/c1-17-13-22(7-10-24(17)29)18(2)14-32(19(3)21-5-8-23(28)9-6-21)16-27(33)31-12-11-25-26(15-31)34-20(4)30-25/h5-10,13-14H,3,11-12,15-16H2,1-2,4H3/b18-14+. The number of aryl methyl sites for hydroxylation is 2. The third-order valence-electron chi connectivity index (χ3n) is 5.98. The van der Waals surface area contributed by atoms with Crippen molar-refractivity contribution in [3.8, 4) is 0 Å². The van der Waals surface area contributed by atoms with Gasteiger partial charge in [0.05, 0.1) is 12.2 Å². The Morgan fingerprint density at radius 1 is 1.18 bits per heavy atom. The summed E-state index contributed by atoms with van der Waals surface area (Å²) in [7, 11) is 0. The van der Waals surface area contributed by atoms with Gasteiger partial charge in [0.2, 0.25) is 5.91 Å². The van der Waals surface area contributed by atoms with Gasteiger partial charge in [-0.15, -0.1) is 0 Å². The van der Waals surface area contributed by atoms with E-state index < -0.39 is 0 Å². The number of nitrogens with zero attached hydrogens (tertiary/aromatic N) is 3. The zero-order valence-electron chi connectivity index (χ0n) is 19.6.